The number of nitrogens with two attached hydrogens (primary N) is 1. The van der Waals surface area contributed by atoms with Crippen LogP contribution in [0.15, 0.2) is 17.5 Å². The molecular formula is C16H20ClN3OS2. The third kappa shape index (κ3) is 4.12. The first-order valence-corrected chi connectivity index (χ1v) is 9.84. The number of aromatic nitrogens is 1. The van der Waals surface area contributed by atoms with Gasteiger partial charge in [0.05, 0.1) is 21.3 Å². The van der Waals surface area contributed by atoms with Gasteiger partial charge in [-0.1, -0.05) is 11.6 Å². The van der Waals surface area contributed by atoms with Gasteiger partial charge in [-0.2, -0.15) is 0 Å². The van der Waals surface area contributed by atoms with Gasteiger partial charge in [-0.25, -0.2) is 4.98 Å². The van der Waals surface area contributed by atoms with Crippen LogP contribution in [0.1, 0.15) is 25.5 Å². The fraction of sp³-hybridized carbons (Fsp3) is 0.500. The van der Waals surface area contributed by atoms with Gasteiger partial charge in [-0.3, -0.25) is 4.79 Å². The molecule has 1 saturated heterocycles. The van der Waals surface area contributed by atoms with Crippen molar-refractivity contribution >= 4 is 40.2 Å². The van der Waals surface area contributed by atoms with E-state index >= 15 is 0 Å². The molecule has 2 aromatic heterocycles. The molecule has 3 rings (SSSR count). The van der Waals surface area contributed by atoms with Gasteiger partial charge in [0.25, 0.3) is 0 Å². The average Bonchev–Trinajstić information content (AvgIpc) is 3.16. The van der Waals surface area contributed by atoms with Crippen molar-refractivity contribution in [2.45, 2.75) is 32.2 Å². The normalized spacial score (nSPS) is 17.4. The number of thiazole rings is 1. The second kappa shape index (κ2) is 7.30. The Hall–Kier alpha value is -0.950. The van der Waals surface area contributed by atoms with Crippen molar-refractivity contribution in [3.05, 3.63) is 27.5 Å². The van der Waals surface area contributed by atoms with Crippen LogP contribution in [0.5, 0.6) is 0 Å². The summed E-state index contributed by atoms with van der Waals surface area (Å²) < 4.78 is 0.754. The lowest BCUT2D eigenvalue weighted by Gasteiger charge is -2.33. The van der Waals surface area contributed by atoms with E-state index in [-0.39, 0.29) is 11.9 Å². The monoisotopic (exact) mass is 369 g/mol. The zero-order chi connectivity index (χ0) is 16.4. The fourth-order valence-corrected chi connectivity index (χ4v) is 4.81. The van der Waals surface area contributed by atoms with Crippen LogP contribution < -0.4 is 5.73 Å². The number of hydrogen-bond acceptors (Lipinski definition) is 5. The molecule has 1 amide bonds. The van der Waals surface area contributed by atoms with Crippen molar-refractivity contribution in [3.8, 4) is 9.88 Å². The molecule has 1 fully saturated rings. The van der Waals surface area contributed by atoms with E-state index in [1.54, 1.807) is 11.3 Å². The summed E-state index contributed by atoms with van der Waals surface area (Å²) in [6.07, 6.45) is 2.37. The number of halogens is 1. The van der Waals surface area contributed by atoms with Gasteiger partial charge < -0.3 is 10.6 Å². The van der Waals surface area contributed by atoms with E-state index in [2.05, 4.69) is 11.9 Å². The van der Waals surface area contributed by atoms with Gasteiger partial charge in [0.2, 0.25) is 5.91 Å². The topological polar surface area (TPSA) is 59.2 Å². The van der Waals surface area contributed by atoms with Crippen molar-refractivity contribution in [2.24, 2.45) is 11.7 Å². The molecule has 3 heterocycles. The first-order chi connectivity index (χ1) is 11.0. The SMILES string of the molecule is CC(N)C1CCN(C(=O)Cc2csc(-c3ccc(Cl)s3)n2)CC1. The van der Waals surface area contributed by atoms with E-state index in [0.717, 1.165) is 45.8 Å². The van der Waals surface area contributed by atoms with Crippen molar-refractivity contribution in [1.29, 1.82) is 0 Å². The molecular weight excluding hydrogens is 350 g/mol. The van der Waals surface area contributed by atoms with E-state index in [1.807, 2.05) is 22.4 Å². The fourth-order valence-electron chi connectivity index (χ4n) is 2.87. The highest BCUT2D eigenvalue weighted by molar-refractivity contribution is 7.23. The second-order valence-corrected chi connectivity index (χ2v) is 8.58. The predicted molar refractivity (Wildman–Crippen MR) is 97.1 cm³/mol. The van der Waals surface area contributed by atoms with E-state index in [4.69, 9.17) is 17.3 Å². The number of hydrogen-bond donors (Lipinski definition) is 1. The van der Waals surface area contributed by atoms with E-state index in [9.17, 15) is 4.79 Å². The van der Waals surface area contributed by atoms with Crippen LogP contribution >= 0.6 is 34.3 Å². The Kier molecular flexibility index (Phi) is 5.36. The zero-order valence-corrected chi connectivity index (χ0v) is 15.4. The average molecular weight is 370 g/mol. The van der Waals surface area contributed by atoms with Crippen LogP contribution in [-0.4, -0.2) is 34.9 Å². The quantitative estimate of drug-likeness (QED) is 0.894. The van der Waals surface area contributed by atoms with E-state index in [0.29, 0.717) is 12.3 Å². The Morgan fingerprint density at radius 2 is 2.22 bits per heavy atom. The summed E-state index contributed by atoms with van der Waals surface area (Å²) in [5.74, 6) is 0.697. The van der Waals surface area contributed by atoms with Gasteiger partial charge in [-0.15, -0.1) is 22.7 Å². The van der Waals surface area contributed by atoms with Gasteiger partial charge in [0, 0.05) is 24.5 Å². The number of rotatable bonds is 4. The Morgan fingerprint density at radius 1 is 1.48 bits per heavy atom. The summed E-state index contributed by atoms with van der Waals surface area (Å²) in [6.45, 7) is 3.67. The smallest absolute Gasteiger partial charge is 0.228 e. The molecule has 1 aliphatic rings. The van der Waals surface area contributed by atoms with E-state index in [1.165, 1.54) is 11.3 Å². The highest BCUT2D eigenvalue weighted by Gasteiger charge is 2.25. The maximum atomic E-state index is 12.4. The lowest BCUT2D eigenvalue weighted by atomic mass is 9.91. The number of amides is 1. The lowest BCUT2D eigenvalue weighted by Crippen LogP contribution is -2.43. The molecule has 0 aromatic carbocycles. The van der Waals surface area contributed by atoms with Gasteiger partial charge in [0.15, 0.2) is 0 Å². The molecule has 124 valence electrons. The minimum Gasteiger partial charge on any atom is -0.342 e. The first-order valence-electron chi connectivity index (χ1n) is 7.76. The maximum Gasteiger partial charge on any atom is 0.228 e. The molecule has 0 spiro atoms. The zero-order valence-electron chi connectivity index (χ0n) is 13.0. The van der Waals surface area contributed by atoms with Crippen LogP contribution in [0.25, 0.3) is 9.88 Å². The third-order valence-electron chi connectivity index (χ3n) is 4.30. The van der Waals surface area contributed by atoms with Gasteiger partial charge >= 0.3 is 0 Å². The summed E-state index contributed by atoms with van der Waals surface area (Å²) >= 11 is 9.04. The molecule has 0 saturated carbocycles. The largest absolute Gasteiger partial charge is 0.342 e. The summed E-state index contributed by atoms with van der Waals surface area (Å²) in [5, 5.41) is 2.90. The van der Waals surface area contributed by atoms with Crippen LogP contribution in [0, 0.1) is 5.92 Å². The third-order valence-corrected chi connectivity index (χ3v) is 6.60. The lowest BCUT2D eigenvalue weighted by molar-refractivity contribution is -0.132. The molecule has 1 unspecified atom stereocenters. The molecule has 7 heteroatoms. The maximum absolute atomic E-state index is 12.4. The van der Waals surface area contributed by atoms with Crippen LogP contribution in [0.3, 0.4) is 0 Å². The van der Waals surface area contributed by atoms with Crippen molar-refractivity contribution in [1.82, 2.24) is 9.88 Å². The Labute approximate surface area is 149 Å². The van der Waals surface area contributed by atoms with Crippen molar-refractivity contribution < 1.29 is 4.79 Å². The van der Waals surface area contributed by atoms with Crippen LogP contribution in [-0.2, 0) is 11.2 Å². The summed E-state index contributed by atoms with van der Waals surface area (Å²) in [4.78, 5) is 20.0. The molecule has 2 N–H and O–H groups in total. The van der Waals surface area contributed by atoms with Gasteiger partial charge in [-0.05, 0) is 37.8 Å². The molecule has 2 aromatic rings. The van der Waals surface area contributed by atoms with Crippen molar-refractivity contribution in [2.75, 3.05) is 13.1 Å². The standard InChI is InChI=1S/C16H20ClN3OS2/c1-10(18)11-4-6-20(7-5-11)15(21)8-12-9-22-16(19-12)13-2-3-14(17)23-13/h2-3,9-11H,4-8,18H2,1H3. The number of nitrogens with zero attached hydrogens (tertiary/aromatic N) is 2. The Balaban J connectivity index is 1.58. The van der Waals surface area contributed by atoms with Gasteiger partial charge in [0.1, 0.15) is 5.01 Å². The highest BCUT2D eigenvalue weighted by atomic mass is 35.5. The summed E-state index contributed by atoms with van der Waals surface area (Å²) in [6, 6.07) is 4.05. The van der Waals surface area contributed by atoms with Crippen molar-refractivity contribution in [3.63, 3.8) is 0 Å². The minimum absolute atomic E-state index is 0.161. The number of piperidine rings is 1. The Bertz CT molecular complexity index is 674. The summed E-state index contributed by atoms with van der Waals surface area (Å²) in [5.41, 5.74) is 6.79. The number of thiophene rings is 1. The summed E-state index contributed by atoms with van der Waals surface area (Å²) in [7, 11) is 0. The van der Waals surface area contributed by atoms with E-state index < -0.39 is 0 Å². The number of carbonyl (C=O) groups excluding carboxylic acids is 1. The van der Waals surface area contributed by atoms with Crippen LogP contribution in [0.4, 0.5) is 0 Å². The first kappa shape index (κ1) is 16.9. The molecule has 0 radical (unpaired) electrons. The molecule has 4 nitrogen and oxygen atoms in total. The molecule has 0 aliphatic carbocycles. The number of likely N-dealkylation sites (tertiary alicyclic amines) is 1. The number of carbonyl (C=O) groups is 1. The molecule has 1 atom stereocenters. The molecule has 0 bridgehead atoms. The second-order valence-electron chi connectivity index (χ2n) is 6.00. The Morgan fingerprint density at radius 3 is 2.83 bits per heavy atom. The molecule has 23 heavy (non-hydrogen) atoms. The highest BCUT2D eigenvalue weighted by Crippen LogP contribution is 2.33. The molecule has 1 aliphatic heterocycles. The van der Waals surface area contributed by atoms with Crippen LogP contribution in [0.2, 0.25) is 4.34 Å². The predicted octanol–water partition coefficient (Wildman–Crippen LogP) is 3.65. The minimum atomic E-state index is 0.161.